The molecule has 6 aromatic carbocycles. The topological polar surface area (TPSA) is 3.24 Å². The summed E-state index contributed by atoms with van der Waals surface area (Å²) in [5, 5.41) is 0. The molecular formula is C44H35N. The number of fused-ring (bicyclic) bond motifs is 13. The van der Waals surface area contributed by atoms with Gasteiger partial charge in [0.15, 0.2) is 0 Å². The van der Waals surface area contributed by atoms with Crippen molar-refractivity contribution in [2.75, 3.05) is 4.90 Å². The van der Waals surface area contributed by atoms with E-state index in [2.05, 4.69) is 172 Å². The maximum absolute atomic E-state index is 2.48. The van der Waals surface area contributed by atoms with Crippen molar-refractivity contribution in [2.24, 2.45) is 0 Å². The summed E-state index contributed by atoms with van der Waals surface area (Å²) in [4.78, 5) is 2.45. The molecule has 45 heavy (non-hydrogen) atoms. The summed E-state index contributed by atoms with van der Waals surface area (Å²) in [5.74, 6) is 0. The summed E-state index contributed by atoms with van der Waals surface area (Å²) in [6.45, 7) is 9.09. The number of allylic oxidation sites excluding steroid dienone is 2. The molecule has 0 saturated heterocycles. The SMILES string of the molecule is C/C=C(\C)N(c1ccc2c(c1)C(C)(C)c1ccccc1-2)c1ccc2c(c1)C1(c3ccccc3-c3ccccc31)c1ccccc1-2. The second kappa shape index (κ2) is 9.19. The third kappa shape index (κ3) is 3.28. The number of benzene rings is 6. The van der Waals surface area contributed by atoms with E-state index >= 15 is 0 Å². The Hall–Kier alpha value is -5.14. The van der Waals surface area contributed by atoms with Crippen molar-refractivity contribution >= 4 is 11.4 Å². The number of nitrogens with zero attached hydrogens (tertiary/aromatic N) is 1. The van der Waals surface area contributed by atoms with Crippen LogP contribution in [0.15, 0.2) is 145 Å². The highest BCUT2D eigenvalue weighted by Crippen LogP contribution is 2.63. The maximum Gasteiger partial charge on any atom is 0.0726 e. The third-order valence-electron chi connectivity index (χ3n) is 10.8. The van der Waals surface area contributed by atoms with Gasteiger partial charge in [0.2, 0.25) is 0 Å². The van der Waals surface area contributed by atoms with Crippen LogP contribution in [0, 0.1) is 0 Å². The van der Waals surface area contributed by atoms with Gasteiger partial charge in [-0.05, 0) is 105 Å². The molecular weight excluding hydrogens is 542 g/mol. The van der Waals surface area contributed by atoms with Crippen molar-refractivity contribution < 1.29 is 0 Å². The zero-order chi connectivity index (χ0) is 30.5. The van der Waals surface area contributed by atoms with E-state index in [0.717, 1.165) is 0 Å². The lowest BCUT2D eigenvalue weighted by Crippen LogP contribution is -2.26. The highest BCUT2D eigenvalue weighted by molar-refractivity contribution is 5.96. The molecule has 3 aliphatic carbocycles. The lowest BCUT2D eigenvalue weighted by molar-refractivity contribution is 0.660. The van der Waals surface area contributed by atoms with Crippen LogP contribution in [0.2, 0.25) is 0 Å². The van der Waals surface area contributed by atoms with Gasteiger partial charge in [0.25, 0.3) is 0 Å². The molecule has 0 unspecified atom stereocenters. The van der Waals surface area contributed by atoms with E-state index < -0.39 is 0 Å². The quantitative estimate of drug-likeness (QED) is 0.202. The molecule has 1 heteroatoms. The van der Waals surface area contributed by atoms with Gasteiger partial charge >= 0.3 is 0 Å². The molecule has 1 nitrogen and oxygen atoms in total. The zero-order valence-corrected chi connectivity index (χ0v) is 26.2. The van der Waals surface area contributed by atoms with Crippen LogP contribution in [0.4, 0.5) is 11.4 Å². The second-order valence-corrected chi connectivity index (χ2v) is 13.3. The van der Waals surface area contributed by atoms with Gasteiger partial charge in [-0.1, -0.05) is 129 Å². The van der Waals surface area contributed by atoms with Gasteiger partial charge in [-0.25, -0.2) is 0 Å². The summed E-state index contributed by atoms with van der Waals surface area (Å²) in [6, 6.07) is 50.2. The lowest BCUT2D eigenvalue weighted by atomic mass is 9.70. The standard InChI is InChI=1S/C44H35N/c1-5-28(2)45(29-22-24-35-31-14-6-10-18-37(31)43(3,4)41(35)26-29)30-23-25-36-34-17-9-13-21-40(34)44(42(36)27-30)38-19-11-7-15-32(38)33-16-8-12-20-39(33)44/h5-27H,1-4H3/b28-5+. The molecule has 0 atom stereocenters. The maximum atomic E-state index is 2.48. The summed E-state index contributed by atoms with van der Waals surface area (Å²) >= 11 is 0. The summed E-state index contributed by atoms with van der Waals surface area (Å²) in [7, 11) is 0. The second-order valence-electron chi connectivity index (χ2n) is 13.3. The fourth-order valence-corrected chi connectivity index (χ4v) is 8.74. The zero-order valence-electron chi connectivity index (χ0n) is 26.2. The largest absolute Gasteiger partial charge is 0.315 e. The number of hydrogen-bond acceptors (Lipinski definition) is 1. The van der Waals surface area contributed by atoms with Crippen LogP contribution in [-0.2, 0) is 10.8 Å². The molecule has 1 spiro atoms. The van der Waals surface area contributed by atoms with Crippen LogP contribution in [0.25, 0.3) is 33.4 Å². The minimum Gasteiger partial charge on any atom is -0.315 e. The Morgan fingerprint density at radius 1 is 0.467 bits per heavy atom. The van der Waals surface area contributed by atoms with E-state index in [0.29, 0.717) is 0 Å². The van der Waals surface area contributed by atoms with Crippen LogP contribution >= 0.6 is 0 Å². The molecule has 0 aromatic heterocycles. The highest BCUT2D eigenvalue weighted by Gasteiger charge is 2.51. The monoisotopic (exact) mass is 577 g/mol. The molecule has 0 N–H and O–H groups in total. The molecule has 0 aliphatic heterocycles. The van der Waals surface area contributed by atoms with Crippen molar-refractivity contribution in [2.45, 2.75) is 38.5 Å². The van der Waals surface area contributed by atoms with E-state index in [1.807, 2.05) is 0 Å². The van der Waals surface area contributed by atoms with Gasteiger partial charge in [-0.3, -0.25) is 0 Å². The van der Waals surface area contributed by atoms with Gasteiger partial charge in [-0.2, -0.15) is 0 Å². The molecule has 0 heterocycles. The Morgan fingerprint density at radius 2 is 0.844 bits per heavy atom. The van der Waals surface area contributed by atoms with Crippen molar-refractivity contribution in [1.82, 2.24) is 0 Å². The first kappa shape index (κ1) is 26.3. The van der Waals surface area contributed by atoms with E-state index in [1.54, 1.807) is 0 Å². The smallest absolute Gasteiger partial charge is 0.0726 e. The Balaban J connectivity index is 1.29. The summed E-state index contributed by atoms with van der Waals surface area (Å²) in [6.07, 6.45) is 2.23. The Morgan fingerprint density at radius 3 is 1.33 bits per heavy atom. The van der Waals surface area contributed by atoms with Crippen LogP contribution in [0.5, 0.6) is 0 Å². The molecule has 216 valence electrons. The van der Waals surface area contributed by atoms with Gasteiger partial charge in [0, 0.05) is 22.5 Å². The van der Waals surface area contributed by atoms with E-state index in [1.165, 1.54) is 83.8 Å². The number of rotatable bonds is 3. The predicted octanol–water partition coefficient (Wildman–Crippen LogP) is 11.4. The average molecular weight is 578 g/mol. The molecule has 0 radical (unpaired) electrons. The predicted molar refractivity (Wildman–Crippen MR) is 188 cm³/mol. The molecule has 6 aromatic rings. The fourth-order valence-electron chi connectivity index (χ4n) is 8.74. The van der Waals surface area contributed by atoms with E-state index in [-0.39, 0.29) is 10.8 Å². The van der Waals surface area contributed by atoms with Gasteiger partial charge in [-0.15, -0.1) is 0 Å². The Bertz CT molecular complexity index is 2170. The molecule has 0 amide bonds. The van der Waals surface area contributed by atoms with Crippen LogP contribution in [0.1, 0.15) is 61.1 Å². The molecule has 3 aliphatic rings. The first-order valence-electron chi connectivity index (χ1n) is 16.1. The van der Waals surface area contributed by atoms with Crippen LogP contribution in [-0.4, -0.2) is 0 Å². The summed E-state index contributed by atoms with van der Waals surface area (Å²) < 4.78 is 0. The summed E-state index contributed by atoms with van der Waals surface area (Å²) in [5.41, 5.74) is 19.5. The lowest BCUT2D eigenvalue weighted by Gasteiger charge is -2.32. The van der Waals surface area contributed by atoms with Crippen molar-refractivity contribution in [3.63, 3.8) is 0 Å². The Labute approximate surface area is 266 Å². The number of anilines is 2. The first-order chi connectivity index (χ1) is 22.0. The third-order valence-corrected chi connectivity index (χ3v) is 10.8. The fraction of sp³-hybridized carbons (Fsp3) is 0.136. The molecule has 9 rings (SSSR count). The van der Waals surface area contributed by atoms with Crippen molar-refractivity contribution in [3.8, 4) is 33.4 Å². The van der Waals surface area contributed by atoms with Gasteiger partial charge < -0.3 is 4.90 Å². The average Bonchev–Trinajstić information content (AvgIpc) is 3.64. The van der Waals surface area contributed by atoms with E-state index in [4.69, 9.17) is 0 Å². The van der Waals surface area contributed by atoms with Crippen LogP contribution < -0.4 is 4.90 Å². The minimum absolute atomic E-state index is 0.0572. The molecule has 0 bridgehead atoms. The molecule has 0 saturated carbocycles. The minimum atomic E-state index is -0.355. The normalized spacial score (nSPS) is 15.6. The highest BCUT2D eigenvalue weighted by atomic mass is 15.1. The van der Waals surface area contributed by atoms with Gasteiger partial charge in [0.05, 0.1) is 5.41 Å². The first-order valence-corrected chi connectivity index (χ1v) is 16.1. The van der Waals surface area contributed by atoms with Crippen molar-refractivity contribution in [3.05, 3.63) is 179 Å². The van der Waals surface area contributed by atoms with E-state index in [9.17, 15) is 0 Å². The Kier molecular flexibility index (Phi) is 5.37. The number of hydrogen-bond donors (Lipinski definition) is 0. The van der Waals surface area contributed by atoms with Gasteiger partial charge in [0.1, 0.15) is 0 Å². The molecule has 0 fully saturated rings. The van der Waals surface area contributed by atoms with Crippen molar-refractivity contribution in [1.29, 1.82) is 0 Å². The van der Waals surface area contributed by atoms with Crippen LogP contribution in [0.3, 0.4) is 0 Å².